The number of nitrogens with zero attached hydrogens (tertiary/aromatic N) is 2. The van der Waals surface area contributed by atoms with Crippen molar-refractivity contribution in [1.29, 1.82) is 0 Å². The lowest BCUT2D eigenvalue weighted by molar-refractivity contribution is 0.0941. The first kappa shape index (κ1) is 21.1. The molecule has 1 N–H and O–H groups in total. The summed E-state index contributed by atoms with van der Waals surface area (Å²) in [7, 11) is -3.93. The van der Waals surface area contributed by atoms with Crippen molar-refractivity contribution >= 4 is 31.5 Å². The zero-order chi connectivity index (χ0) is 20.5. The molecule has 0 spiro atoms. The second kappa shape index (κ2) is 8.00. The third-order valence-electron chi connectivity index (χ3n) is 5.26. The maximum atomic E-state index is 13.0. The van der Waals surface area contributed by atoms with Crippen LogP contribution in [0.2, 0.25) is 0 Å². The fraction of sp³-hybridized carbons (Fsp3) is 0.611. The predicted molar refractivity (Wildman–Crippen MR) is 108 cm³/mol. The van der Waals surface area contributed by atoms with Crippen LogP contribution in [0.4, 0.5) is 5.69 Å². The van der Waals surface area contributed by atoms with Crippen molar-refractivity contribution < 1.29 is 21.6 Å². The minimum Gasteiger partial charge on any atom is -0.371 e. The third-order valence-corrected chi connectivity index (χ3v) is 8.83. The Balaban J connectivity index is 1.95. The summed E-state index contributed by atoms with van der Waals surface area (Å²) in [4.78, 5) is 15.1. The van der Waals surface area contributed by atoms with E-state index >= 15 is 0 Å². The number of sulfonamides is 1. The van der Waals surface area contributed by atoms with Crippen molar-refractivity contribution in [3.8, 4) is 0 Å². The molecule has 8 nitrogen and oxygen atoms in total. The Morgan fingerprint density at radius 1 is 1.18 bits per heavy atom. The number of hydrogen-bond acceptors (Lipinski definition) is 6. The van der Waals surface area contributed by atoms with Gasteiger partial charge in [-0.3, -0.25) is 4.79 Å². The number of hydrogen-bond donors (Lipinski definition) is 1. The minimum atomic E-state index is -3.69. The topological polar surface area (TPSA) is 104 Å². The fourth-order valence-corrected chi connectivity index (χ4v) is 6.25. The van der Waals surface area contributed by atoms with Crippen molar-refractivity contribution in [2.24, 2.45) is 0 Å². The van der Waals surface area contributed by atoms with Gasteiger partial charge in [0.2, 0.25) is 10.0 Å². The lowest BCUT2D eigenvalue weighted by Gasteiger charge is -2.31. The molecular formula is C18H27N3O5S2. The predicted octanol–water partition coefficient (Wildman–Crippen LogP) is 0.844. The Morgan fingerprint density at radius 2 is 1.86 bits per heavy atom. The van der Waals surface area contributed by atoms with E-state index in [0.717, 1.165) is 36.7 Å². The molecule has 2 aliphatic heterocycles. The van der Waals surface area contributed by atoms with Gasteiger partial charge in [0, 0.05) is 38.9 Å². The molecule has 0 aromatic heterocycles. The van der Waals surface area contributed by atoms with Gasteiger partial charge < -0.3 is 10.2 Å². The van der Waals surface area contributed by atoms with Gasteiger partial charge in [0.15, 0.2) is 9.84 Å². The third kappa shape index (κ3) is 4.49. The summed E-state index contributed by atoms with van der Waals surface area (Å²) in [6, 6.07) is 4.16. The molecule has 156 valence electrons. The first-order chi connectivity index (χ1) is 13.1. The van der Waals surface area contributed by atoms with Gasteiger partial charge in [0.05, 0.1) is 22.0 Å². The number of benzene rings is 1. The van der Waals surface area contributed by atoms with Crippen LogP contribution in [0.15, 0.2) is 23.1 Å². The summed E-state index contributed by atoms with van der Waals surface area (Å²) in [6.45, 7) is 1.61. The molecule has 1 aromatic carbocycles. The zero-order valence-corrected chi connectivity index (χ0v) is 17.9. The van der Waals surface area contributed by atoms with E-state index in [1.165, 1.54) is 26.2 Å². The van der Waals surface area contributed by atoms with Crippen LogP contribution in [-0.4, -0.2) is 71.8 Å². The highest BCUT2D eigenvalue weighted by Gasteiger charge is 2.31. The Labute approximate surface area is 166 Å². The summed E-state index contributed by atoms with van der Waals surface area (Å²) >= 11 is 0. The van der Waals surface area contributed by atoms with Gasteiger partial charge in [-0.05, 0) is 43.9 Å². The van der Waals surface area contributed by atoms with Crippen LogP contribution in [0.1, 0.15) is 36.0 Å². The van der Waals surface area contributed by atoms with Gasteiger partial charge in [-0.1, -0.05) is 0 Å². The van der Waals surface area contributed by atoms with Crippen molar-refractivity contribution in [3.63, 3.8) is 0 Å². The van der Waals surface area contributed by atoms with Gasteiger partial charge in [-0.15, -0.1) is 0 Å². The molecule has 2 fully saturated rings. The summed E-state index contributed by atoms with van der Waals surface area (Å²) in [5, 5.41) is 2.78. The highest BCUT2D eigenvalue weighted by molar-refractivity contribution is 7.91. The molecule has 1 aromatic rings. The van der Waals surface area contributed by atoms with Crippen LogP contribution < -0.4 is 10.2 Å². The average Bonchev–Trinajstić information content (AvgIpc) is 3.00. The summed E-state index contributed by atoms with van der Waals surface area (Å²) in [5.74, 6) is -0.446. The number of amides is 1. The van der Waals surface area contributed by atoms with Gasteiger partial charge in [0.1, 0.15) is 0 Å². The molecule has 2 saturated heterocycles. The zero-order valence-electron chi connectivity index (χ0n) is 16.2. The quantitative estimate of drug-likeness (QED) is 0.744. The van der Waals surface area contributed by atoms with Crippen molar-refractivity contribution in [3.05, 3.63) is 23.8 Å². The number of nitrogens with one attached hydrogen (secondary N) is 1. The molecule has 0 bridgehead atoms. The van der Waals surface area contributed by atoms with Crippen LogP contribution in [0, 0.1) is 0 Å². The monoisotopic (exact) mass is 429 g/mol. The highest BCUT2D eigenvalue weighted by atomic mass is 32.2. The van der Waals surface area contributed by atoms with Crippen molar-refractivity contribution in [1.82, 2.24) is 9.62 Å². The van der Waals surface area contributed by atoms with Crippen molar-refractivity contribution in [2.75, 3.05) is 43.6 Å². The van der Waals surface area contributed by atoms with E-state index in [-0.39, 0.29) is 22.0 Å². The Hall–Kier alpha value is -1.65. The maximum absolute atomic E-state index is 13.0. The number of carbonyl (C=O) groups is 1. The van der Waals surface area contributed by atoms with Crippen LogP contribution in [0.5, 0.6) is 0 Å². The number of sulfone groups is 1. The Morgan fingerprint density at radius 3 is 2.43 bits per heavy atom. The van der Waals surface area contributed by atoms with Gasteiger partial charge in [0.25, 0.3) is 5.91 Å². The van der Waals surface area contributed by atoms with E-state index < -0.39 is 31.8 Å². The molecule has 3 rings (SSSR count). The Kier molecular flexibility index (Phi) is 6.02. The molecule has 1 amide bonds. The smallest absolute Gasteiger partial charge is 0.253 e. The number of carbonyl (C=O) groups excluding carboxylic acids is 1. The molecule has 1 unspecified atom stereocenters. The maximum Gasteiger partial charge on any atom is 0.253 e. The van der Waals surface area contributed by atoms with E-state index in [1.807, 2.05) is 0 Å². The standard InChI is InChI=1S/C18H27N3O5S2/c1-20(2)28(25,26)15-6-7-17(21-9-4-3-5-10-21)16(12-15)18(22)19-14-8-11-27(23,24)13-14/h6-7,12,14H,3-5,8-11,13H2,1-2H3,(H,19,22). The van der Waals surface area contributed by atoms with Gasteiger partial charge in [-0.2, -0.15) is 0 Å². The number of anilines is 1. The SMILES string of the molecule is CN(C)S(=O)(=O)c1ccc(N2CCCCC2)c(C(=O)NC2CCS(=O)(=O)C2)c1. The lowest BCUT2D eigenvalue weighted by atomic mass is 10.1. The number of piperidine rings is 1. The van der Waals surface area contributed by atoms with E-state index in [9.17, 15) is 21.6 Å². The first-order valence-electron chi connectivity index (χ1n) is 9.43. The second-order valence-electron chi connectivity index (χ2n) is 7.59. The molecular weight excluding hydrogens is 402 g/mol. The summed E-state index contributed by atoms with van der Waals surface area (Å²) < 4.78 is 49.5. The van der Waals surface area contributed by atoms with E-state index in [1.54, 1.807) is 6.07 Å². The molecule has 0 saturated carbocycles. The molecule has 0 aliphatic carbocycles. The Bertz CT molecular complexity index is 951. The van der Waals surface area contributed by atoms with E-state index in [2.05, 4.69) is 10.2 Å². The first-order valence-corrected chi connectivity index (χ1v) is 12.7. The van der Waals surface area contributed by atoms with E-state index in [4.69, 9.17) is 0 Å². The number of rotatable bonds is 5. The van der Waals surface area contributed by atoms with Crippen LogP contribution in [-0.2, 0) is 19.9 Å². The molecule has 1 atom stereocenters. The second-order valence-corrected chi connectivity index (χ2v) is 12.0. The van der Waals surface area contributed by atoms with Crippen LogP contribution in [0.3, 0.4) is 0 Å². The van der Waals surface area contributed by atoms with E-state index in [0.29, 0.717) is 12.1 Å². The van der Waals surface area contributed by atoms with Gasteiger partial charge in [-0.25, -0.2) is 21.1 Å². The largest absolute Gasteiger partial charge is 0.371 e. The van der Waals surface area contributed by atoms with Crippen LogP contribution >= 0.6 is 0 Å². The van der Waals surface area contributed by atoms with Crippen molar-refractivity contribution in [2.45, 2.75) is 36.6 Å². The van der Waals surface area contributed by atoms with Crippen LogP contribution in [0.25, 0.3) is 0 Å². The normalized spacial score (nSPS) is 22.4. The molecule has 28 heavy (non-hydrogen) atoms. The molecule has 10 heteroatoms. The molecule has 2 heterocycles. The summed E-state index contributed by atoms with van der Waals surface area (Å²) in [5.41, 5.74) is 0.963. The highest BCUT2D eigenvalue weighted by Crippen LogP contribution is 2.28. The lowest BCUT2D eigenvalue weighted by Crippen LogP contribution is -2.38. The molecule has 0 radical (unpaired) electrons. The summed E-state index contributed by atoms with van der Waals surface area (Å²) in [6.07, 6.45) is 3.53. The average molecular weight is 430 g/mol. The van der Waals surface area contributed by atoms with Gasteiger partial charge >= 0.3 is 0 Å². The fourth-order valence-electron chi connectivity index (χ4n) is 3.65. The molecule has 2 aliphatic rings. The minimum absolute atomic E-state index is 0.0439.